The summed E-state index contributed by atoms with van der Waals surface area (Å²) in [6.45, 7) is 2.26. The summed E-state index contributed by atoms with van der Waals surface area (Å²) >= 11 is 1.61. The number of hydrogen-bond acceptors (Lipinski definition) is 3. The van der Waals surface area contributed by atoms with Crippen LogP contribution in [0, 0.1) is 0 Å². The predicted octanol–water partition coefficient (Wildman–Crippen LogP) is 2.01. The average molecular weight is 212 g/mol. The number of rotatable bonds is 3. The minimum Gasteiger partial charge on any atom is -0.479 e. The molecule has 2 rings (SSSR count). The Labute approximate surface area is 86.3 Å². The van der Waals surface area contributed by atoms with E-state index in [1.165, 1.54) is 0 Å². The van der Waals surface area contributed by atoms with Crippen LogP contribution in [0.15, 0.2) is 11.4 Å². The summed E-state index contributed by atoms with van der Waals surface area (Å²) in [6.07, 6.45) is 1.39. The number of thiophene rings is 1. The van der Waals surface area contributed by atoms with Crippen molar-refractivity contribution in [2.45, 2.75) is 25.4 Å². The molecule has 0 bridgehead atoms. The van der Waals surface area contributed by atoms with Crippen LogP contribution in [0.3, 0.4) is 0 Å². The molecule has 1 N–H and O–H groups in total. The fourth-order valence-corrected chi connectivity index (χ4v) is 2.95. The van der Waals surface area contributed by atoms with Crippen LogP contribution in [0.2, 0.25) is 0 Å². The van der Waals surface area contributed by atoms with Crippen molar-refractivity contribution in [1.82, 2.24) is 0 Å². The summed E-state index contributed by atoms with van der Waals surface area (Å²) in [7, 11) is 0. The minimum atomic E-state index is -1.07. The Balaban J connectivity index is 2.44. The van der Waals surface area contributed by atoms with Crippen LogP contribution < -0.4 is 0 Å². The van der Waals surface area contributed by atoms with E-state index in [0.717, 1.165) is 16.9 Å². The molecule has 0 saturated carbocycles. The molecule has 0 amide bonds. The molecule has 0 spiro atoms. The van der Waals surface area contributed by atoms with Crippen LogP contribution in [-0.2, 0) is 21.6 Å². The van der Waals surface area contributed by atoms with E-state index in [2.05, 4.69) is 0 Å². The second kappa shape index (κ2) is 3.37. The molecule has 3 nitrogen and oxygen atoms in total. The van der Waals surface area contributed by atoms with Gasteiger partial charge in [0.05, 0.1) is 0 Å². The molecule has 1 unspecified atom stereocenters. The van der Waals surface area contributed by atoms with Crippen molar-refractivity contribution >= 4 is 17.3 Å². The predicted molar refractivity (Wildman–Crippen MR) is 53.6 cm³/mol. The molecule has 76 valence electrons. The third-order valence-electron chi connectivity index (χ3n) is 2.62. The first-order chi connectivity index (χ1) is 6.70. The lowest BCUT2D eigenvalue weighted by Gasteiger charge is -2.24. The number of carboxylic acid groups (broad SMARTS) is 1. The summed E-state index contributed by atoms with van der Waals surface area (Å²) in [6, 6.07) is 1.87. The van der Waals surface area contributed by atoms with E-state index >= 15 is 0 Å². The maximum absolute atomic E-state index is 11.3. The zero-order valence-electron chi connectivity index (χ0n) is 7.95. The van der Waals surface area contributed by atoms with Crippen molar-refractivity contribution in [2.75, 3.05) is 6.61 Å². The molecule has 1 aromatic rings. The number of fused-ring (bicyclic) bond motifs is 1. The molecule has 0 radical (unpaired) electrons. The highest BCUT2D eigenvalue weighted by Crippen LogP contribution is 2.42. The number of hydrogen-bond donors (Lipinski definition) is 1. The largest absolute Gasteiger partial charge is 0.479 e. The van der Waals surface area contributed by atoms with Gasteiger partial charge in [0.1, 0.15) is 0 Å². The van der Waals surface area contributed by atoms with E-state index < -0.39 is 11.6 Å². The van der Waals surface area contributed by atoms with E-state index in [1.54, 1.807) is 11.3 Å². The van der Waals surface area contributed by atoms with E-state index in [0.29, 0.717) is 13.0 Å². The van der Waals surface area contributed by atoms with Crippen LogP contribution in [0.5, 0.6) is 0 Å². The molecule has 14 heavy (non-hydrogen) atoms. The third kappa shape index (κ3) is 1.18. The highest BCUT2D eigenvalue weighted by atomic mass is 32.1. The second-order valence-electron chi connectivity index (χ2n) is 3.32. The first kappa shape index (κ1) is 9.68. The van der Waals surface area contributed by atoms with Gasteiger partial charge in [-0.25, -0.2) is 4.79 Å². The average Bonchev–Trinajstić information content (AvgIpc) is 2.68. The van der Waals surface area contributed by atoms with Crippen molar-refractivity contribution in [2.24, 2.45) is 0 Å². The van der Waals surface area contributed by atoms with Crippen LogP contribution in [0.1, 0.15) is 23.8 Å². The number of aliphatic carboxylic acids is 1. The molecule has 0 saturated heterocycles. The van der Waals surface area contributed by atoms with Gasteiger partial charge < -0.3 is 9.84 Å². The van der Waals surface area contributed by atoms with Crippen molar-refractivity contribution in [3.8, 4) is 0 Å². The molecule has 1 heterocycles. The maximum Gasteiger partial charge on any atom is 0.340 e. The quantitative estimate of drug-likeness (QED) is 0.833. The van der Waals surface area contributed by atoms with Crippen LogP contribution >= 0.6 is 11.3 Å². The number of aryl methyl sites for hydroxylation is 1. The monoisotopic (exact) mass is 212 g/mol. The van der Waals surface area contributed by atoms with Gasteiger partial charge >= 0.3 is 5.97 Å². The lowest BCUT2D eigenvalue weighted by molar-refractivity contribution is -0.167. The molecular weight excluding hydrogens is 200 g/mol. The van der Waals surface area contributed by atoms with E-state index in [4.69, 9.17) is 4.74 Å². The first-order valence-electron chi connectivity index (χ1n) is 4.65. The molecule has 0 fully saturated rings. The van der Waals surface area contributed by atoms with Gasteiger partial charge in [0.25, 0.3) is 0 Å². The Morgan fingerprint density at radius 2 is 2.57 bits per heavy atom. The van der Waals surface area contributed by atoms with Gasteiger partial charge in [0.15, 0.2) is 5.60 Å². The molecular formula is C10H12O3S. The molecule has 1 aromatic heterocycles. The van der Waals surface area contributed by atoms with Crippen LogP contribution in [0.4, 0.5) is 0 Å². The zero-order chi connectivity index (χ0) is 10.2. The molecule has 1 atom stereocenters. The first-order valence-corrected chi connectivity index (χ1v) is 5.53. The smallest absolute Gasteiger partial charge is 0.340 e. The van der Waals surface area contributed by atoms with Gasteiger partial charge in [-0.2, -0.15) is 0 Å². The van der Waals surface area contributed by atoms with Gasteiger partial charge in [-0.1, -0.05) is 0 Å². The van der Waals surface area contributed by atoms with Gasteiger partial charge in [-0.3, -0.25) is 0 Å². The second-order valence-corrected chi connectivity index (χ2v) is 4.32. The van der Waals surface area contributed by atoms with E-state index in [-0.39, 0.29) is 0 Å². The topological polar surface area (TPSA) is 46.5 Å². The molecule has 1 aliphatic rings. The number of carbonyl (C=O) groups is 1. The Morgan fingerprint density at radius 3 is 3.21 bits per heavy atom. The Bertz CT molecular complexity index is 358. The fraction of sp³-hybridized carbons (Fsp3) is 0.500. The molecule has 1 aliphatic carbocycles. The lowest BCUT2D eigenvalue weighted by atomic mass is 9.98. The summed E-state index contributed by atoms with van der Waals surface area (Å²) in [5.74, 6) is -0.864. The van der Waals surface area contributed by atoms with Gasteiger partial charge in [-0.15, -0.1) is 11.3 Å². The summed E-state index contributed by atoms with van der Waals surface area (Å²) in [4.78, 5) is 12.4. The summed E-state index contributed by atoms with van der Waals surface area (Å²) in [5.41, 5.74) is -0.207. The molecule has 0 aromatic carbocycles. The normalized spacial score (nSPS) is 24.9. The lowest BCUT2D eigenvalue weighted by Crippen LogP contribution is -2.36. The van der Waals surface area contributed by atoms with Gasteiger partial charge in [0, 0.05) is 17.0 Å². The van der Waals surface area contributed by atoms with E-state index in [9.17, 15) is 9.90 Å². The van der Waals surface area contributed by atoms with Crippen molar-refractivity contribution in [1.29, 1.82) is 0 Å². The van der Waals surface area contributed by atoms with Crippen molar-refractivity contribution in [3.63, 3.8) is 0 Å². The highest BCUT2D eigenvalue weighted by molar-refractivity contribution is 7.10. The third-order valence-corrected chi connectivity index (χ3v) is 3.60. The minimum absolute atomic E-state index is 0.432. The SMILES string of the molecule is CCOC1(C(=O)O)CCc2sccc21. The Kier molecular flexibility index (Phi) is 2.33. The highest BCUT2D eigenvalue weighted by Gasteiger charge is 2.47. The van der Waals surface area contributed by atoms with Crippen LogP contribution in [-0.4, -0.2) is 17.7 Å². The Hall–Kier alpha value is -0.870. The van der Waals surface area contributed by atoms with Crippen LogP contribution in [0.25, 0.3) is 0 Å². The zero-order valence-corrected chi connectivity index (χ0v) is 8.76. The van der Waals surface area contributed by atoms with E-state index in [1.807, 2.05) is 18.4 Å². The fourth-order valence-electron chi connectivity index (χ4n) is 2.00. The standard InChI is InChI=1S/C10H12O3S/c1-2-13-10(9(11)12)5-3-8-7(10)4-6-14-8/h4,6H,2-3,5H2,1H3,(H,11,12). The maximum atomic E-state index is 11.3. The summed E-state index contributed by atoms with van der Waals surface area (Å²) in [5, 5.41) is 11.2. The number of carboxylic acids is 1. The summed E-state index contributed by atoms with van der Waals surface area (Å²) < 4.78 is 5.44. The van der Waals surface area contributed by atoms with Crippen molar-refractivity contribution in [3.05, 3.63) is 21.9 Å². The van der Waals surface area contributed by atoms with Gasteiger partial charge in [0.2, 0.25) is 0 Å². The number of ether oxygens (including phenoxy) is 1. The molecule has 4 heteroatoms. The Morgan fingerprint density at radius 1 is 1.79 bits per heavy atom. The van der Waals surface area contributed by atoms with Crippen molar-refractivity contribution < 1.29 is 14.6 Å². The molecule has 0 aliphatic heterocycles. The van der Waals surface area contributed by atoms with Gasteiger partial charge in [-0.05, 0) is 31.2 Å².